The lowest BCUT2D eigenvalue weighted by atomic mass is 9.98. The summed E-state index contributed by atoms with van der Waals surface area (Å²) in [4.78, 5) is 11.3. The third-order valence-corrected chi connectivity index (χ3v) is 5.71. The SMILES string of the molecule is O=C1CN(c2ccc(CCC3CCCCN3)cc2O)S(=O)(=O)N1. The van der Waals surface area contributed by atoms with Crippen LogP contribution in [0.5, 0.6) is 5.75 Å². The summed E-state index contributed by atoms with van der Waals surface area (Å²) in [5.41, 5.74) is 1.08. The Balaban J connectivity index is 1.69. The Morgan fingerprint density at radius 1 is 1.30 bits per heavy atom. The molecule has 1 aromatic rings. The molecule has 0 spiro atoms. The molecule has 0 aliphatic carbocycles. The highest BCUT2D eigenvalue weighted by Gasteiger charge is 2.35. The number of rotatable bonds is 4. The average molecular weight is 339 g/mol. The first kappa shape index (κ1) is 16.1. The quantitative estimate of drug-likeness (QED) is 0.748. The number of aryl methyl sites for hydroxylation is 1. The van der Waals surface area contributed by atoms with Crippen molar-refractivity contribution in [2.24, 2.45) is 0 Å². The molecule has 3 N–H and O–H groups in total. The predicted molar refractivity (Wildman–Crippen MR) is 86.5 cm³/mol. The second-order valence-electron chi connectivity index (χ2n) is 6.05. The van der Waals surface area contributed by atoms with Crippen molar-refractivity contribution in [2.45, 2.75) is 38.1 Å². The fourth-order valence-electron chi connectivity index (χ4n) is 3.11. The van der Waals surface area contributed by atoms with E-state index in [0.717, 1.165) is 29.3 Å². The van der Waals surface area contributed by atoms with Crippen molar-refractivity contribution in [2.75, 3.05) is 17.4 Å². The Morgan fingerprint density at radius 2 is 2.13 bits per heavy atom. The number of amides is 1. The van der Waals surface area contributed by atoms with Gasteiger partial charge in [-0.15, -0.1) is 0 Å². The molecule has 1 unspecified atom stereocenters. The predicted octanol–water partition coefficient (Wildman–Crippen LogP) is 0.648. The number of carbonyl (C=O) groups excluding carboxylic acids is 1. The first-order valence-electron chi connectivity index (χ1n) is 7.84. The van der Waals surface area contributed by atoms with Gasteiger partial charge in [0.25, 0.3) is 5.91 Å². The number of phenolic OH excluding ortho intramolecular Hbond substituents is 1. The first-order valence-corrected chi connectivity index (χ1v) is 9.28. The van der Waals surface area contributed by atoms with Crippen molar-refractivity contribution >= 4 is 21.8 Å². The van der Waals surface area contributed by atoms with Gasteiger partial charge >= 0.3 is 10.2 Å². The molecule has 2 aliphatic rings. The number of nitrogens with one attached hydrogen (secondary N) is 2. The van der Waals surface area contributed by atoms with Crippen LogP contribution in [-0.2, 0) is 21.4 Å². The van der Waals surface area contributed by atoms with Gasteiger partial charge in [0.15, 0.2) is 0 Å². The summed E-state index contributed by atoms with van der Waals surface area (Å²) in [5, 5.41) is 13.6. The molecule has 126 valence electrons. The summed E-state index contributed by atoms with van der Waals surface area (Å²) in [6.45, 7) is 0.754. The van der Waals surface area contributed by atoms with Crippen molar-refractivity contribution in [1.29, 1.82) is 0 Å². The number of aromatic hydroxyl groups is 1. The number of hydrogen-bond donors (Lipinski definition) is 3. The van der Waals surface area contributed by atoms with E-state index in [2.05, 4.69) is 5.32 Å². The van der Waals surface area contributed by atoms with Gasteiger partial charge in [-0.3, -0.25) is 4.79 Å². The molecule has 1 aromatic carbocycles. The average Bonchev–Trinajstić information content (AvgIpc) is 2.79. The van der Waals surface area contributed by atoms with Crippen molar-refractivity contribution < 1.29 is 18.3 Å². The molecule has 2 heterocycles. The van der Waals surface area contributed by atoms with Gasteiger partial charge in [0.05, 0.1) is 5.69 Å². The fraction of sp³-hybridized carbons (Fsp3) is 0.533. The molecule has 23 heavy (non-hydrogen) atoms. The van der Waals surface area contributed by atoms with Gasteiger partial charge in [0.2, 0.25) is 0 Å². The number of nitrogens with zero attached hydrogens (tertiary/aromatic N) is 1. The monoisotopic (exact) mass is 339 g/mol. The molecule has 0 aromatic heterocycles. The first-order chi connectivity index (χ1) is 11.0. The van der Waals surface area contributed by atoms with E-state index in [0.29, 0.717) is 6.04 Å². The van der Waals surface area contributed by atoms with Gasteiger partial charge in [-0.1, -0.05) is 12.5 Å². The summed E-state index contributed by atoms with van der Waals surface area (Å²) in [6, 6.07) is 5.44. The van der Waals surface area contributed by atoms with Crippen LogP contribution in [0.3, 0.4) is 0 Å². The molecule has 0 bridgehead atoms. The molecule has 2 fully saturated rings. The molecule has 1 atom stereocenters. The smallest absolute Gasteiger partial charge is 0.326 e. The van der Waals surface area contributed by atoms with E-state index >= 15 is 0 Å². The summed E-state index contributed by atoms with van der Waals surface area (Å²) >= 11 is 0. The summed E-state index contributed by atoms with van der Waals surface area (Å²) in [6.07, 6.45) is 5.44. The van der Waals surface area contributed by atoms with Gasteiger partial charge in [-0.2, -0.15) is 8.42 Å². The maximum atomic E-state index is 11.8. The standard InChI is InChI=1S/C15H21N3O4S/c19-14-9-11(4-6-12-3-1-2-8-16-12)5-7-13(14)18-10-15(20)17-23(18,21)22/h5,7,9,12,16,19H,1-4,6,8,10H2,(H,17,20). The van der Waals surface area contributed by atoms with Crippen LogP contribution >= 0.6 is 0 Å². The topological polar surface area (TPSA) is 98.7 Å². The lowest BCUT2D eigenvalue weighted by Gasteiger charge is -2.23. The van der Waals surface area contributed by atoms with Gasteiger partial charge in [-0.05, 0) is 49.9 Å². The van der Waals surface area contributed by atoms with Gasteiger partial charge < -0.3 is 10.4 Å². The Labute approximate surface area is 135 Å². The number of carbonyl (C=O) groups is 1. The number of hydrogen-bond acceptors (Lipinski definition) is 5. The van der Waals surface area contributed by atoms with Crippen LogP contribution in [0.15, 0.2) is 18.2 Å². The number of anilines is 1. The molecule has 8 heteroatoms. The molecular formula is C15H21N3O4S. The highest BCUT2D eigenvalue weighted by atomic mass is 32.2. The van der Waals surface area contributed by atoms with Gasteiger partial charge in [0.1, 0.15) is 12.3 Å². The Kier molecular flexibility index (Phi) is 4.45. The Bertz CT molecular complexity index is 699. The van der Waals surface area contributed by atoms with Crippen LogP contribution in [0.2, 0.25) is 0 Å². The van der Waals surface area contributed by atoms with E-state index in [1.54, 1.807) is 18.2 Å². The van der Waals surface area contributed by atoms with Crippen LogP contribution in [0, 0.1) is 0 Å². The summed E-state index contributed by atoms with van der Waals surface area (Å²) < 4.78 is 26.4. The minimum Gasteiger partial charge on any atom is -0.506 e. The van der Waals surface area contributed by atoms with E-state index < -0.39 is 16.1 Å². The maximum Gasteiger partial charge on any atom is 0.326 e. The minimum absolute atomic E-state index is 0.126. The molecule has 0 radical (unpaired) electrons. The normalized spacial score (nSPS) is 23.7. The molecule has 7 nitrogen and oxygen atoms in total. The van der Waals surface area contributed by atoms with Crippen LogP contribution in [0.4, 0.5) is 5.69 Å². The van der Waals surface area contributed by atoms with E-state index in [4.69, 9.17) is 0 Å². The second-order valence-corrected chi connectivity index (χ2v) is 7.64. The third-order valence-electron chi connectivity index (χ3n) is 4.32. The van der Waals surface area contributed by atoms with Crippen LogP contribution in [0.1, 0.15) is 31.2 Å². The molecule has 1 amide bonds. The molecule has 2 saturated heterocycles. The van der Waals surface area contributed by atoms with Crippen molar-refractivity contribution in [3.05, 3.63) is 23.8 Å². The summed E-state index contributed by atoms with van der Waals surface area (Å²) in [5.74, 6) is -0.726. The zero-order chi connectivity index (χ0) is 16.4. The number of benzene rings is 1. The van der Waals surface area contributed by atoms with Gasteiger partial charge in [0, 0.05) is 6.04 Å². The van der Waals surface area contributed by atoms with E-state index in [1.807, 2.05) is 4.72 Å². The number of piperidine rings is 1. The second kappa shape index (κ2) is 6.37. The van der Waals surface area contributed by atoms with E-state index in [1.165, 1.54) is 19.3 Å². The lowest BCUT2D eigenvalue weighted by Crippen LogP contribution is -2.34. The lowest BCUT2D eigenvalue weighted by molar-refractivity contribution is -0.117. The largest absolute Gasteiger partial charge is 0.506 e. The van der Waals surface area contributed by atoms with Crippen LogP contribution in [0.25, 0.3) is 0 Å². The van der Waals surface area contributed by atoms with Crippen molar-refractivity contribution in [3.63, 3.8) is 0 Å². The zero-order valence-electron chi connectivity index (χ0n) is 12.8. The summed E-state index contributed by atoms with van der Waals surface area (Å²) in [7, 11) is -3.89. The van der Waals surface area contributed by atoms with Gasteiger partial charge in [-0.25, -0.2) is 9.03 Å². The molecular weight excluding hydrogens is 318 g/mol. The fourth-order valence-corrected chi connectivity index (χ4v) is 4.27. The minimum atomic E-state index is -3.89. The number of phenols is 1. The van der Waals surface area contributed by atoms with E-state index in [9.17, 15) is 18.3 Å². The van der Waals surface area contributed by atoms with Crippen molar-refractivity contribution in [3.8, 4) is 5.75 Å². The Hall–Kier alpha value is -1.80. The van der Waals surface area contributed by atoms with E-state index in [-0.39, 0.29) is 18.0 Å². The molecule has 2 aliphatic heterocycles. The highest BCUT2D eigenvalue weighted by Crippen LogP contribution is 2.31. The third kappa shape index (κ3) is 3.59. The van der Waals surface area contributed by atoms with Crippen LogP contribution in [-0.4, -0.2) is 38.6 Å². The van der Waals surface area contributed by atoms with Crippen molar-refractivity contribution in [1.82, 2.24) is 10.0 Å². The maximum absolute atomic E-state index is 11.8. The molecule has 0 saturated carbocycles. The molecule has 3 rings (SSSR count). The highest BCUT2D eigenvalue weighted by molar-refractivity contribution is 7.92. The zero-order valence-corrected chi connectivity index (χ0v) is 13.6. The van der Waals surface area contributed by atoms with Crippen LogP contribution < -0.4 is 14.3 Å². The Morgan fingerprint density at radius 3 is 2.74 bits per heavy atom.